The second-order valence-corrected chi connectivity index (χ2v) is 9.03. The monoisotopic (exact) mass is 355 g/mol. The van der Waals surface area contributed by atoms with Crippen LogP contribution in [0.1, 0.15) is 32.1 Å². The van der Waals surface area contributed by atoms with E-state index in [-0.39, 0.29) is 18.9 Å². The van der Waals surface area contributed by atoms with Gasteiger partial charge in [-0.25, -0.2) is 12.7 Å². The van der Waals surface area contributed by atoms with Gasteiger partial charge in [-0.3, -0.25) is 4.79 Å². The zero-order valence-corrected chi connectivity index (χ0v) is 15.0. The number of amides is 1. The average Bonchev–Trinajstić information content (AvgIpc) is 3.01. The third-order valence-electron chi connectivity index (χ3n) is 4.43. The third kappa shape index (κ3) is 3.57. The number of hydrogen-bond acceptors (Lipinski definition) is 5. The number of carbonyl (C=O) groups excluding carboxylic acids is 1. The Kier molecular flexibility index (Phi) is 5.45. The molecule has 0 bridgehead atoms. The number of nitriles is 1. The quantitative estimate of drug-likeness (QED) is 0.749. The zero-order valence-electron chi connectivity index (χ0n) is 13.4. The molecule has 0 unspecified atom stereocenters. The highest BCUT2D eigenvalue weighted by atomic mass is 32.2. The molecular weight excluding hydrogens is 334 g/mol. The number of rotatable bonds is 7. The van der Waals surface area contributed by atoms with Gasteiger partial charge in [0.15, 0.2) is 0 Å². The molecule has 6 nitrogen and oxygen atoms in total. The molecule has 0 spiro atoms. The molecule has 126 valence electrons. The Hall–Kier alpha value is -1.43. The summed E-state index contributed by atoms with van der Waals surface area (Å²) in [4.78, 5) is 13.7. The van der Waals surface area contributed by atoms with Crippen molar-refractivity contribution in [2.24, 2.45) is 0 Å². The molecule has 1 saturated carbocycles. The van der Waals surface area contributed by atoms with Crippen LogP contribution in [0.5, 0.6) is 0 Å². The Morgan fingerprint density at radius 3 is 2.61 bits per heavy atom. The summed E-state index contributed by atoms with van der Waals surface area (Å²) < 4.78 is 26.1. The molecule has 1 aromatic heterocycles. The molecule has 8 heteroatoms. The van der Waals surface area contributed by atoms with Gasteiger partial charge in [0.05, 0.1) is 6.07 Å². The van der Waals surface area contributed by atoms with Crippen molar-refractivity contribution >= 4 is 27.3 Å². The first-order valence-electron chi connectivity index (χ1n) is 7.51. The van der Waals surface area contributed by atoms with E-state index in [4.69, 9.17) is 0 Å². The lowest BCUT2D eigenvalue weighted by molar-refractivity contribution is -0.136. The maximum Gasteiger partial charge on any atom is 0.252 e. The van der Waals surface area contributed by atoms with Crippen LogP contribution in [-0.2, 0) is 14.8 Å². The van der Waals surface area contributed by atoms with E-state index in [9.17, 15) is 18.5 Å². The summed E-state index contributed by atoms with van der Waals surface area (Å²) in [5.74, 6) is -0.104. The Balaban J connectivity index is 1.85. The largest absolute Gasteiger partial charge is 0.327 e. The van der Waals surface area contributed by atoms with Crippen molar-refractivity contribution < 1.29 is 13.2 Å². The molecule has 0 saturated heterocycles. The molecule has 1 aromatic rings. The van der Waals surface area contributed by atoms with Crippen molar-refractivity contribution in [2.45, 2.75) is 41.9 Å². The molecule has 1 heterocycles. The summed E-state index contributed by atoms with van der Waals surface area (Å²) in [5.41, 5.74) is -0.647. The van der Waals surface area contributed by atoms with E-state index in [0.717, 1.165) is 19.3 Å². The van der Waals surface area contributed by atoms with Crippen LogP contribution in [0.25, 0.3) is 0 Å². The normalized spacial score (nSPS) is 16.6. The summed E-state index contributed by atoms with van der Waals surface area (Å²) in [5, 5.41) is 11.0. The number of hydrogen-bond donors (Lipinski definition) is 0. The fourth-order valence-corrected chi connectivity index (χ4v) is 4.99. The van der Waals surface area contributed by atoms with Crippen LogP contribution in [0.4, 0.5) is 0 Å². The molecule has 23 heavy (non-hydrogen) atoms. The zero-order chi connectivity index (χ0) is 17.1. The lowest BCUT2D eigenvalue weighted by Crippen LogP contribution is -2.53. The van der Waals surface area contributed by atoms with Crippen LogP contribution < -0.4 is 0 Å². The lowest BCUT2D eigenvalue weighted by Gasteiger charge is -2.43. The van der Waals surface area contributed by atoms with Gasteiger partial charge in [-0.2, -0.15) is 5.26 Å². The first-order valence-corrected chi connectivity index (χ1v) is 9.83. The molecule has 0 aromatic carbocycles. The van der Waals surface area contributed by atoms with Crippen LogP contribution in [0, 0.1) is 11.3 Å². The summed E-state index contributed by atoms with van der Waals surface area (Å²) in [6.07, 6.45) is 3.08. The molecule has 0 aliphatic heterocycles. The van der Waals surface area contributed by atoms with Gasteiger partial charge in [-0.05, 0) is 37.1 Å². The van der Waals surface area contributed by atoms with E-state index in [2.05, 4.69) is 6.07 Å². The second kappa shape index (κ2) is 6.99. The van der Waals surface area contributed by atoms with E-state index in [1.807, 2.05) is 0 Å². The van der Waals surface area contributed by atoms with E-state index in [1.54, 1.807) is 24.6 Å². The van der Waals surface area contributed by atoms with Gasteiger partial charge < -0.3 is 4.90 Å². The van der Waals surface area contributed by atoms with Crippen molar-refractivity contribution in [3.05, 3.63) is 17.5 Å². The van der Waals surface area contributed by atoms with Crippen LogP contribution in [0.2, 0.25) is 0 Å². The minimum Gasteiger partial charge on any atom is -0.327 e. The molecule has 1 aliphatic carbocycles. The molecular formula is C15H21N3O3S2. The fourth-order valence-electron chi connectivity index (χ4n) is 2.58. The van der Waals surface area contributed by atoms with E-state index >= 15 is 0 Å². The summed E-state index contributed by atoms with van der Waals surface area (Å²) >= 11 is 1.18. The molecule has 1 aliphatic rings. The Morgan fingerprint density at radius 1 is 1.43 bits per heavy atom. The Bertz CT molecular complexity index is 688. The van der Waals surface area contributed by atoms with Crippen molar-refractivity contribution in [1.29, 1.82) is 5.26 Å². The standard InChI is InChI=1S/C15H21N3O3S2/c1-17(23(20,21)14-7-4-11-22-14)10-3-6-13(19)18(2)15(12-16)8-5-9-15/h4,7,11H,3,5-6,8-10H2,1-2H3. The van der Waals surface area contributed by atoms with Gasteiger partial charge in [0.25, 0.3) is 10.0 Å². The summed E-state index contributed by atoms with van der Waals surface area (Å²) in [6, 6.07) is 5.51. The Morgan fingerprint density at radius 2 is 2.13 bits per heavy atom. The minimum absolute atomic E-state index is 0.104. The van der Waals surface area contributed by atoms with Crippen molar-refractivity contribution in [2.75, 3.05) is 20.6 Å². The van der Waals surface area contributed by atoms with E-state index < -0.39 is 15.6 Å². The summed E-state index contributed by atoms with van der Waals surface area (Å²) in [7, 11) is -0.282. The second-order valence-electron chi connectivity index (χ2n) is 5.81. The van der Waals surface area contributed by atoms with Gasteiger partial charge in [0.1, 0.15) is 9.75 Å². The van der Waals surface area contributed by atoms with Gasteiger partial charge in [-0.1, -0.05) is 6.07 Å². The van der Waals surface area contributed by atoms with Crippen LogP contribution in [-0.4, -0.2) is 49.7 Å². The van der Waals surface area contributed by atoms with Gasteiger partial charge in [-0.15, -0.1) is 11.3 Å². The van der Waals surface area contributed by atoms with Gasteiger partial charge >= 0.3 is 0 Å². The van der Waals surface area contributed by atoms with Crippen LogP contribution in [0.15, 0.2) is 21.7 Å². The van der Waals surface area contributed by atoms with Gasteiger partial charge in [0, 0.05) is 27.1 Å². The molecule has 0 radical (unpaired) electrons. The first kappa shape index (κ1) is 17.9. The summed E-state index contributed by atoms with van der Waals surface area (Å²) in [6.45, 7) is 0.277. The Labute approximate surface area is 141 Å². The highest BCUT2D eigenvalue weighted by Crippen LogP contribution is 2.36. The van der Waals surface area contributed by atoms with Crippen molar-refractivity contribution in [1.82, 2.24) is 9.21 Å². The first-order chi connectivity index (χ1) is 10.8. The lowest BCUT2D eigenvalue weighted by atomic mass is 9.76. The molecule has 0 N–H and O–H groups in total. The fraction of sp³-hybridized carbons (Fsp3) is 0.600. The smallest absolute Gasteiger partial charge is 0.252 e. The topological polar surface area (TPSA) is 81.5 Å². The van der Waals surface area contributed by atoms with Crippen LogP contribution >= 0.6 is 11.3 Å². The SMILES string of the molecule is CN(C(=O)CCCN(C)S(=O)(=O)c1cccs1)C1(C#N)CCC1. The third-order valence-corrected chi connectivity index (χ3v) is 7.66. The maximum atomic E-state index is 12.3. The predicted octanol–water partition coefficient (Wildman–Crippen LogP) is 2.05. The number of carbonyl (C=O) groups is 1. The highest BCUT2D eigenvalue weighted by molar-refractivity contribution is 7.91. The average molecular weight is 355 g/mol. The maximum absolute atomic E-state index is 12.3. The van der Waals surface area contributed by atoms with E-state index in [1.165, 1.54) is 27.6 Å². The molecule has 1 fully saturated rings. The highest BCUT2D eigenvalue weighted by Gasteiger charge is 2.43. The molecule has 1 amide bonds. The number of thiophene rings is 1. The van der Waals surface area contributed by atoms with Crippen molar-refractivity contribution in [3.63, 3.8) is 0 Å². The number of nitrogens with zero attached hydrogens (tertiary/aromatic N) is 3. The minimum atomic E-state index is -3.47. The number of sulfonamides is 1. The van der Waals surface area contributed by atoms with E-state index in [0.29, 0.717) is 10.6 Å². The predicted molar refractivity (Wildman–Crippen MR) is 88.3 cm³/mol. The molecule has 0 atom stereocenters. The van der Waals surface area contributed by atoms with Gasteiger partial charge in [0.2, 0.25) is 5.91 Å². The molecule has 2 rings (SSSR count). The van der Waals surface area contributed by atoms with Crippen LogP contribution in [0.3, 0.4) is 0 Å². The van der Waals surface area contributed by atoms with Crippen molar-refractivity contribution in [3.8, 4) is 6.07 Å².